The standard InChI is InChI=1S/C16H14F3NO/c1-11(20)13-5-7-15(8-6-13)21-10-12-3-2-4-14(9-12)16(17,18)19/h2-9,20H,10H2,1H3. The summed E-state index contributed by atoms with van der Waals surface area (Å²) in [6.45, 7) is 1.74. The van der Waals surface area contributed by atoms with Crippen LogP contribution in [0.5, 0.6) is 5.75 Å². The van der Waals surface area contributed by atoms with Crippen molar-refractivity contribution in [2.75, 3.05) is 0 Å². The second-order valence-electron chi connectivity index (χ2n) is 4.64. The Balaban J connectivity index is 2.04. The number of ether oxygens (including phenoxy) is 1. The average Bonchev–Trinajstić information content (AvgIpc) is 2.45. The lowest BCUT2D eigenvalue weighted by Gasteiger charge is -2.10. The molecule has 0 heterocycles. The van der Waals surface area contributed by atoms with Crippen molar-refractivity contribution in [2.24, 2.45) is 0 Å². The summed E-state index contributed by atoms with van der Waals surface area (Å²) in [5.41, 5.74) is 0.997. The van der Waals surface area contributed by atoms with Gasteiger partial charge in [0.25, 0.3) is 0 Å². The lowest BCUT2D eigenvalue weighted by atomic mass is 10.1. The fourth-order valence-electron chi connectivity index (χ4n) is 1.81. The number of halogens is 3. The largest absolute Gasteiger partial charge is 0.489 e. The minimum absolute atomic E-state index is 0.0623. The Kier molecular flexibility index (Phi) is 4.31. The molecule has 0 aliphatic rings. The third-order valence-electron chi connectivity index (χ3n) is 2.95. The molecule has 0 aromatic heterocycles. The molecule has 2 rings (SSSR count). The fourth-order valence-corrected chi connectivity index (χ4v) is 1.81. The molecule has 0 fully saturated rings. The van der Waals surface area contributed by atoms with Crippen molar-refractivity contribution in [3.05, 3.63) is 65.2 Å². The van der Waals surface area contributed by atoms with E-state index in [-0.39, 0.29) is 6.61 Å². The minimum Gasteiger partial charge on any atom is -0.489 e. The van der Waals surface area contributed by atoms with Gasteiger partial charge in [-0.05, 0) is 54.4 Å². The highest BCUT2D eigenvalue weighted by molar-refractivity contribution is 5.96. The van der Waals surface area contributed by atoms with Crippen LogP contribution in [0.25, 0.3) is 0 Å². The average molecular weight is 293 g/mol. The van der Waals surface area contributed by atoms with E-state index in [4.69, 9.17) is 10.1 Å². The summed E-state index contributed by atoms with van der Waals surface area (Å²) in [4.78, 5) is 0. The molecule has 110 valence electrons. The van der Waals surface area contributed by atoms with E-state index in [1.165, 1.54) is 6.07 Å². The molecule has 2 nitrogen and oxygen atoms in total. The van der Waals surface area contributed by atoms with Gasteiger partial charge in [-0.25, -0.2) is 0 Å². The summed E-state index contributed by atoms with van der Waals surface area (Å²) in [5.74, 6) is 0.553. The second-order valence-corrected chi connectivity index (χ2v) is 4.64. The Morgan fingerprint density at radius 1 is 1.10 bits per heavy atom. The van der Waals surface area contributed by atoms with Crippen LogP contribution in [0.3, 0.4) is 0 Å². The summed E-state index contributed by atoms with van der Waals surface area (Å²) in [6.07, 6.45) is -4.35. The Morgan fingerprint density at radius 3 is 2.33 bits per heavy atom. The van der Waals surface area contributed by atoms with Crippen LogP contribution in [0.1, 0.15) is 23.6 Å². The maximum absolute atomic E-state index is 12.6. The van der Waals surface area contributed by atoms with Crippen LogP contribution in [0.2, 0.25) is 0 Å². The van der Waals surface area contributed by atoms with Gasteiger partial charge in [0.2, 0.25) is 0 Å². The Hall–Kier alpha value is -2.30. The van der Waals surface area contributed by atoms with Crippen LogP contribution in [0.15, 0.2) is 48.5 Å². The number of alkyl halides is 3. The lowest BCUT2D eigenvalue weighted by molar-refractivity contribution is -0.137. The van der Waals surface area contributed by atoms with Crippen molar-refractivity contribution in [3.63, 3.8) is 0 Å². The fraction of sp³-hybridized carbons (Fsp3) is 0.188. The number of rotatable bonds is 4. The molecule has 0 radical (unpaired) electrons. The SMILES string of the molecule is CC(=N)c1ccc(OCc2cccc(C(F)(F)F)c2)cc1. The molecule has 0 saturated carbocycles. The van der Waals surface area contributed by atoms with Crippen LogP contribution in [-0.2, 0) is 12.8 Å². The van der Waals surface area contributed by atoms with Gasteiger partial charge in [0.15, 0.2) is 0 Å². The minimum atomic E-state index is -4.35. The van der Waals surface area contributed by atoms with E-state index in [9.17, 15) is 13.2 Å². The van der Waals surface area contributed by atoms with Crippen molar-refractivity contribution in [1.82, 2.24) is 0 Å². The highest BCUT2D eigenvalue weighted by Gasteiger charge is 2.30. The van der Waals surface area contributed by atoms with Gasteiger partial charge in [0, 0.05) is 5.71 Å². The van der Waals surface area contributed by atoms with E-state index in [0.717, 1.165) is 17.7 Å². The summed E-state index contributed by atoms with van der Waals surface area (Å²) >= 11 is 0. The van der Waals surface area contributed by atoms with Crippen molar-refractivity contribution in [1.29, 1.82) is 5.41 Å². The molecular formula is C16H14F3NO. The van der Waals surface area contributed by atoms with Gasteiger partial charge in [-0.3, -0.25) is 0 Å². The van der Waals surface area contributed by atoms with Crippen LogP contribution in [0.4, 0.5) is 13.2 Å². The normalized spacial score (nSPS) is 11.2. The quantitative estimate of drug-likeness (QED) is 0.816. The maximum Gasteiger partial charge on any atom is 0.416 e. The number of hydrogen-bond acceptors (Lipinski definition) is 2. The van der Waals surface area contributed by atoms with E-state index < -0.39 is 11.7 Å². The first-order chi connectivity index (χ1) is 9.86. The third kappa shape index (κ3) is 4.08. The van der Waals surface area contributed by atoms with E-state index >= 15 is 0 Å². The van der Waals surface area contributed by atoms with Crippen LogP contribution < -0.4 is 4.74 Å². The lowest BCUT2D eigenvalue weighted by Crippen LogP contribution is -2.06. The predicted octanol–water partition coefficient (Wildman–Crippen LogP) is 4.67. The summed E-state index contributed by atoms with van der Waals surface area (Å²) in [6, 6.07) is 11.9. The molecule has 0 spiro atoms. The smallest absolute Gasteiger partial charge is 0.416 e. The zero-order valence-corrected chi connectivity index (χ0v) is 11.4. The van der Waals surface area contributed by atoms with Gasteiger partial charge in [-0.2, -0.15) is 13.2 Å². The number of hydrogen-bond donors (Lipinski definition) is 1. The first-order valence-electron chi connectivity index (χ1n) is 6.31. The van der Waals surface area contributed by atoms with Gasteiger partial charge in [-0.1, -0.05) is 12.1 Å². The Morgan fingerprint density at radius 2 is 1.76 bits per heavy atom. The van der Waals surface area contributed by atoms with Crippen molar-refractivity contribution < 1.29 is 17.9 Å². The van der Waals surface area contributed by atoms with Gasteiger partial charge < -0.3 is 10.1 Å². The number of nitrogens with one attached hydrogen (secondary N) is 1. The Bertz CT molecular complexity index is 633. The second kappa shape index (κ2) is 5.99. The van der Waals surface area contributed by atoms with Crippen molar-refractivity contribution in [3.8, 4) is 5.75 Å². The van der Waals surface area contributed by atoms with Gasteiger partial charge >= 0.3 is 6.18 Å². The number of benzene rings is 2. The molecule has 0 amide bonds. The van der Waals surface area contributed by atoms with Crippen LogP contribution in [-0.4, -0.2) is 5.71 Å². The van der Waals surface area contributed by atoms with E-state index in [1.54, 1.807) is 37.3 Å². The van der Waals surface area contributed by atoms with E-state index in [1.807, 2.05) is 0 Å². The zero-order valence-electron chi connectivity index (χ0n) is 11.4. The molecule has 0 unspecified atom stereocenters. The monoisotopic (exact) mass is 293 g/mol. The molecule has 1 N–H and O–H groups in total. The third-order valence-corrected chi connectivity index (χ3v) is 2.95. The molecule has 2 aromatic rings. The molecule has 2 aromatic carbocycles. The predicted molar refractivity (Wildman–Crippen MR) is 74.7 cm³/mol. The summed E-state index contributed by atoms with van der Waals surface area (Å²) in [5, 5.41) is 7.48. The van der Waals surface area contributed by atoms with Crippen LogP contribution >= 0.6 is 0 Å². The molecule has 5 heteroatoms. The first kappa shape index (κ1) is 15.1. The molecular weight excluding hydrogens is 279 g/mol. The van der Waals surface area contributed by atoms with Gasteiger partial charge in [-0.15, -0.1) is 0 Å². The molecule has 0 atom stereocenters. The van der Waals surface area contributed by atoms with Gasteiger partial charge in [0.05, 0.1) is 5.56 Å². The molecule has 0 aliphatic carbocycles. The topological polar surface area (TPSA) is 33.1 Å². The first-order valence-corrected chi connectivity index (χ1v) is 6.31. The molecule has 0 bridgehead atoms. The Labute approximate surface area is 120 Å². The molecule has 21 heavy (non-hydrogen) atoms. The maximum atomic E-state index is 12.6. The van der Waals surface area contributed by atoms with Crippen molar-refractivity contribution in [2.45, 2.75) is 19.7 Å². The highest BCUT2D eigenvalue weighted by Crippen LogP contribution is 2.29. The van der Waals surface area contributed by atoms with Crippen LogP contribution in [0, 0.1) is 5.41 Å². The molecule has 0 saturated heterocycles. The van der Waals surface area contributed by atoms with E-state index in [2.05, 4.69) is 0 Å². The summed E-state index contributed by atoms with van der Waals surface area (Å²) in [7, 11) is 0. The summed E-state index contributed by atoms with van der Waals surface area (Å²) < 4.78 is 43.2. The highest BCUT2D eigenvalue weighted by atomic mass is 19.4. The molecule has 0 aliphatic heterocycles. The zero-order chi connectivity index (χ0) is 15.5. The van der Waals surface area contributed by atoms with E-state index in [0.29, 0.717) is 17.0 Å². The van der Waals surface area contributed by atoms with Gasteiger partial charge in [0.1, 0.15) is 12.4 Å². The van der Waals surface area contributed by atoms with Crippen molar-refractivity contribution >= 4 is 5.71 Å².